The normalized spacial score (nSPS) is 10.5. The van der Waals surface area contributed by atoms with Gasteiger partial charge in [-0.2, -0.15) is 0 Å². The van der Waals surface area contributed by atoms with Gasteiger partial charge in [-0.25, -0.2) is 4.79 Å². The number of carbonyl (C=O) groups is 2. The monoisotopic (exact) mass is 357 g/mol. The van der Waals surface area contributed by atoms with Crippen molar-refractivity contribution in [3.05, 3.63) is 59.2 Å². The molecule has 0 unspecified atom stereocenters. The van der Waals surface area contributed by atoms with Crippen molar-refractivity contribution in [3.63, 3.8) is 0 Å². The zero-order valence-corrected chi connectivity index (χ0v) is 15.1. The Bertz CT molecular complexity index is 786. The fourth-order valence-corrected chi connectivity index (χ4v) is 2.44. The largest absolute Gasteiger partial charge is 0.493 e. The van der Waals surface area contributed by atoms with Crippen LogP contribution >= 0.6 is 0 Å². The second-order valence-electron chi connectivity index (χ2n) is 6.04. The second-order valence-corrected chi connectivity index (χ2v) is 6.04. The molecule has 138 valence electrons. The summed E-state index contributed by atoms with van der Waals surface area (Å²) in [5.41, 5.74) is 1.56. The molecule has 0 saturated heterocycles. The number of aromatic carboxylic acids is 1. The number of nitrogens with one attached hydrogen (secondary N) is 1. The zero-order chi connectivity index (χ0) is 19.1. The standard InChI is InChI=1S/C20H23NO5/c1-13(2)26-17-8-7-15(12-18(17)25-3)19(22)21-10-9-14-5-4-6-16(11-14)20(23)24/h4-8,11-13H,9-10H2,1-3H3,(H,21,22)(H,23,24). The summed E-state index contributed by atoms with van der Waals surface area (Å²) in [6, 6.07) is 11.7. The average molecular weight is 357 g/mol. The molecule has 2 N–H and O–H groups in total. The molecule has 2 aromatic carbocycles. The Kier molecular flexibility index (Phi) is 6.60. The molecule has 0 saturated carbocycles. The van der Waals surface area contributed by atoms with E-state index in [1.807, 2.05) is 19.9 Å². The molecule has 0 aliphatic rings. The predicted octanol–water partition coefficient (Wildman–Crippen LogP) is 3.15. The summed E-state index contributed by atoms with van der Waals surface area (Å²) >= 11 is 0. The van der Waals surface area contributed by atoms with Gasteiger partial charge in [-0.1, -0.05) is 12.1 Å². The van der Waals surface area contributed by atoms with E-state index in [0.717, 1.165) is 5.56 Å². The smallest absolute Gasteiger partial charge is 0.335 e. The van der Waals surface area contributed by atoms with E-state index in [0.29, 0.717) is 30.0 Å². The fraction of sp³-hybridized carbons (Fsp3) is 0.300. The van der Waals surface area contributed by atoms with Crippen LogP contribution in [0.15, 0.2) is 42.5 Å². The third kappa shape index (κ3) is 5.24. The Morgan fingerprint density at radius 1 is 1.08 bits per heavy atom. The van der Waals surface area contributed by atoms with Gasteiger partial charge in [-0.15, -0.1) is 0 Å². The van der Waals surface area contributed by atoms with Gasteiger partial charge < -0.3 is 19.9 Å². The third-order valence-corrected chi connectivity index (χ3v) is 3.66. The molecular formula is C20H23NO5. The quantitative estimate of drug-likeness (QED) is 0.758. The van der Waals surface area contributed by atoms with Crippen LogP contribution in [0.1, 0.15) is 40.1 Å². The number of amides is 1. The van der Waals surface area contributed by atoms with Crippen LogP contribution in [-0.4, -0.2) is 36.7 Å². The predicted molar refractivity (Wildman–Crippen MR) is 98.2 cm³/mol. The molecule has 0 fully saturated rings. The van der Waals surface area contributed by atoms with E-state index in [1.165, 1.54) is 13.2 Å². The van der Waals surface area contributed by atoms with Crippen LogP contribution < -0.4 is 14.8 Å². The van der Waals surface area contributed by atoms with Crippen LogP contribution in [0.5, 0.6) is 11.5 Å². The molecule has 0 spiro atoms. The van der Waals surface area contributed by atoms with Gasteiger partial charge in [0.2, 0.25) is 0 Å². The van der Waals surface area contributed by atoms with Crippen molar-refractivity contribution in [2.24, 2.45) is 0 Å². The van der Waals surface area contributed by atoms with Gasteiger partial charge in [0, 0.05) is 12.1 Å². The zero-order valence-electron chi connectivity index (χ0n) is 15.1. The molecule has 0 bridgehead atoms. The topological polar surface area (TPSA) is 84.9 Å². The van der Waals surface area contributed by atoms with Gasteiger partial charge in [0.1, 0.15) is 0 Å². The first-order valence-electron chi connectivity index (χ1n) is 8.36. The molecule has 1 amide bonds. The highest BCUT2D eigenvalue weighted by Crippen LogP contribution is 2.28. The molecule has 0 radical (unpaired) electrons. The number of methoxy groups -OCH3 is 1. The second kappa shape index (κ2) is 8.89. The third-order valence-electron chi connectivity index (χ3n) is 3.66. The number of carboxylic acid groups (broad SMARTS) is 1. The summed E-state index contributed by atoms with van der Waals surface area (Å²) in [5.74, 6) is -0.106. The van der Waals surface area contributed by atoms with Crippen LogP contribution in [-0.2, 0) is 6.42 Å². The van der Waals surface area contributed by atoms with Gasteiger partial charge in [-0.3, -0.25) is 4.79 Å². The minimum absolute atomic E-state index is 0.00476. The van der Waals surface area contributed by atoms with Crippen molar-refractivity contribution in [1.82, 2.24) is 5.32 Å². The number of carboxylic acids is 1. The molecule has 0 atom stereocenters. The number of hydrogen-bond acceptors (Lipinski definition) is 4. The van der Waals surface area contributed by atoms with Crippen molar-refractivity contribution in [3.8, 4) is 11.5 Å². The Balaban J connectivity index is 1.97. The van der Waals surface area contributed by atoms with Crippen LogP contribution in [0.3, 0.4) is 0 Å². The van der Waals surface area contributed by atoms with E-state index in [1.54, 1.807) is 30.3 Å². The molecule has 6 nitrogen and oxygen atoms in total. The lowest BCUT2D eigenvalue weighted by Crippen LogP contribution is -2.25. The first-order valence-corrected chi connectivity index (χ1v) is 8.36. The van der Waals surface area contributed by atoms with E-state index in [9.17, 15) is 9.59 Å². The maximum Gasteiger partial charge on any atom is 0.335 e. The van der Waals surface area contributed by atoms with Crippen molar-refractivity contribution in [1.29, 1.82) is 0 Å². The summed E-state index contributed by atoms with van der Waals surface area (Å²) in [6.45, 7) is 4.23. The summed E-state index contributed by atoms with van der Waals surface area (Å²) in [7, 11) is 1.53. The lowest BCUT2D eigenvalue weighted by molar-refractivity contribution is 0.0696. The lowest BCUT2D eigenvalue weighted by Gasteiger charge is -2.14. The molecule has 2 aromatic rings. The van der Waals surface area contributed by atoms with Crippen molar-refractivity contribution in [2.45, 2.75) is 26.4 Å². The van der Waals surface area contributed by atoms with Crippen LogP contribution in [0.25, 0.3) is 0 Å². The van der Waals surface area contributed by atoms with E-state index < -0.39 is 5.97 Å². The number of benzene rings is 2. The summed E-state index contributed by atoms with van der Waals surface area (Å²) in [5, 5.41) is 11.8. The molecule has 0 aliphatic heterocycles. The number of carbonyl (C=O) groups excluding carboxylic acids is 1. The Hall–Kier alpha value is -3.02. The van der Waals surface area contributed by atoms with Gasteiger partial charge in [-0.05, 0) is 56.2 Å². The number of hydrogen-bond donors (Lipinski definition) is 2. The van der Waals surface area contributed by atoms with Crippen LogP contribution in [0, 0.1) is 0 Å². The summed E-state index contributed by atoms with van der Waals surface area (Å²) < 4.78 is 10.9. The van der Waals surface area contributed by atoms with Gasteiger partial charge in [0.25, 0.3) is 5.91 Å². The van der Waals surface area contributed by atoms with Crippen molar-refractivity contribution < 1.29 is 24.2 Å². The number of rotatable bonds is 8. The Labute approximate surface area is 152 Å². The number of ether oxygens (including phenoxy) is 2. The summed E-state index contributed by atoms with van der Waals surface area (Å²) in [4.78, 5) is 23.3. The molecule has 26 heavy (non-hydrogen) atoms. The van der Waals surface area contributed by atoms with Crippen LogP contribution in [0.2, 0.25) is 0 Å². The van der Waals surface area contributed by atoms with E-state index in [2.05, 4.69) is 5.32 Å². The molecule has 6 heteroatoms. The van der Waals surface area contributed by atoms with Crippen molar-refractivity contribution in [2.75, 3.05) is 13.7 Å². The maximum absolute atomic E-state index is 12.3. The van der Waals surface area contributed by atoms with E-state index in [-0.39, 0.29) is 17.6 Å². The van der Waals surface area contributed by atoms with Gasteiger partial charge in [0.05, 0.1) is 18.8 Å². The molecule has 0 heterocycles. The fourth-order valence-electron chi connectivity index (χ4n) is 2.44. The Morgan fingerprint density at radius 2 is 1.85 bits per heavy atom. The SMILES string of the molecule is COc1cc(C(=O)NCCc2cccc(C(=O)O)c2)ccc1OC(C)C. The highest BCUT2D eigenvalue weighted by atomic mass is 16.5. The minimum atomic E-state index is -0.966. The van der Waals surface area contributed by atoms with Gasteiger partial charge in [0.15, 0.2) is 11.5 Å². The molecule has 2 rings (SSSR count). The highest BCUT2D eigenvalue weighted by Gasteiger charge is 2.12. The summed E-state index contributed by atoms with van der Waals surface area (Å²) in [6.07, 6.45) is 0.545. The highest BCUT2D eigenvalue weighted by molar-refractivity contribution is 5.94. The molecular weight excluding hydrogens is 334 g/mol. The van der Waals surface area contributed by atoms with Crippen molar-refractivity contribution >= 4 is 11.9 Å². The first-order chi connectivity index (χ1) is 12.4. The molecule has 0 aliphatic carbocycles. The van der Waals surface area contributed by atoms with E-state index >= 15 is 0 Å². The lowest BCUT2D eigenvalue weighted by atomic mass is 10.1. The first kappa shape index (κ1) is 19.3. The maximum atomic E-state index is 12.3. The van der Waals surface area contributed by atoms with Crippen LogP contribution in [0.4, 0.5) is 0 Å². The average Bonchev–Trinajstić information content (AvgIpc) is 2.61. The minimum Gasteiger partial charge on any atom is -0.493 e. The molecule has 0 aromatic heterocycles. The Morgan fingerprint density at radius 3 is 2.50 bits per heavy atom. The van der Waals surface area contributed by atoms with Gasteiger partial charge >= 0.3 is 5.97 Å². The van der Waals surface area contributed by atoms with E-state index in [4.69, 9.17) is 14.6 Å².